The van der Waals surface area contributed by atoms with E-state index in [1.54, 1.807) is 0 Å². The highest BCUT2D eigenvalue weighted by atomic mass is 15.1. The molecule has 0 radical (unpaired) electrons. The van der Waals surface area contributed by atoms with Crippen molar-refractivity contribution in [3.05, 3.63) is 35.4 Å². The Hall–Kier alpha value is -1.26. The number of rotatable bonds is 4. The van der Waals surface area contributed by atoms with E-state index in [0.29, 0.717) is 0 Å². The molecular weight excluding hydrogens is 170 g/mol. The molecule has 0 N–H and O–H groups in total. The lowest BCUT2D eigenvalue weighted by Gasteiger charge is -2.18. The Bertz CT molecular complexity index is 318. The van der Waals surface area contributed by atoms with Gasteiger partial charge in [0, 0.05) is 12.1 Å². The van der Waals surface area contributed by atoms with Crippen molar-refractivity contribution in [2.45, 2.75) is 20.4 Å². The van der Waals surface area contributed by atoms with Crippen molar-refractivity contribution < 1.29 is 0 Å². The van der Waals surface area contributed by atoms with Crippen molar-refractivity contribution in [3.8, 4) is 12.3 Å². The molecule has 0 aliphatic rings. The van der Waals surface area contributed by atoms with Gasteiger partial charge < -0.3 is 0 Å². The molecule has 0 spiro atoms. The Morgan fingerprint density at radius 2 is 1.86 bits per heavy atom. The molecule has 0 fully saturated rings. The SMILES string of the molecule is C#Cc1ccccc1CN(CC)CC. The Balaban J connectivity index is 2.80. The number of hydrogen-bond donors (Lipinski definition) is 0. The molecule has 0 aliphatic heterocycles. The summed E-state index contributed by atoms with van der Waals surface area (Å²) in [6, 6.07) is 8.13. The molecule has 0 amide bonds. The minimum absolute atomic E-state index is 0.952. The van der Waals surface area contributed by atoms with Crippen LogP contribution in [0.2, 0.25) is 0 Å². The predicted molar refractivity (Wildman–Crippen MR) is 61.0 cm³/mol. The molecule has 0 heterocycles. The maximum Gasteiger partial charge on any atom is 0.0287 e. The summed E-state index contributed by atoms with van der Waals surface area (Å²) in [7, 11) is 0. The smallest absolute Gasteiger partial charge is 0.0287 e. The molecule has 0 atom stereocenters. The lowest BCUT2D eigenvalue weighted by molar-refractivity contribution is 0.295. The molecule has 14 heavy (non-hydrogen) atoms. The van der Waals surface area contributed by atoms with E-state index >= 15 is 0 Å². The van der Waals surface area contributed by atoms with Crippen LogP contribution in [-0.4, -0.2) is 18.0 Å². The van der Waals surface area contributed by atoms with E-state index in [4.69, 9.17) is 6.42 Å². The second-order valence-corrected chi connectivity index (χ2v) is 3.26. The van der Waals surface area contributed by atoms with Gasteiger partial charge in [0.05, 0.1) is 0 Å². The molecule has 0 aliphatic carbocycles. The molecule has 1 heteroatoms. The van der Waals surface area contributed by atoms with Crippen molar-refractivity contribution in [2.75, 3.05) is 13.1 Å². The van der Waals surface area contributed by atoms with Gasteiger partial charge in [-0.25, -0.2) is 0 Å². The first kappa shape index (κ1) is 10.8. The largest absolute Gasteiger partial charge is 0.300 e. The van der Waals surface area contributed by atoms with Crippen LogP contribution < -0.4 is 0 Å². The topological polar surface area (TPSA) is 3.24 Å². The van der Waals surface area contributed by atoms with Crippen molar-refractivity contribution in [3.63, 3.8) is 0 Å². The lowest BCUT2D eigenvalue weighted by atomic mass is 10.1. The van der Waals surface area contributed by atoms with Gasteiger partial charge in [0.2, 0.25) is 0 Å². The predicted octanol–water partition coefficient (Wildman–Crippen LogP) is 2.51. The van der Waals surface area contributed by atoms with Gasteiger partial charge in [0.1, 0.15) is 0 Å². The highest BCUT2D eigenvalue weighted by molar-refractivity contribution is 5.39. The van der Waals surface area contributed by atoms with E-state index in [2.05, 4.69) is 30.7 Å². The van der Waals surface area contributed by atoms with Crippen LogP contribution in [0.15, 0.2) is 24.3 Å². The van der Waals surface area contributed by atoms with Crippen LogP contribution >= 0.6 is 0 Å². The third-order valence-corrected chi connectivity index (χ3v) is 2.46. The molecule has 0 saturated heterocycles. The van der Waals surface area contributed by atoms with Gasteiger partial charge in [-0.2, -0.15) is 0 Å². The maximum absolute atomic E-state index is 5.44. The zero-order chi connectivity index (χ0) is 10.4. The molecule has 0 saturated carbocycles. The van der Waals surface area contributed by atoms with E-state index in [1.165, 1.54) is 5.56 Å². The van der Waals surface area contributed by atoms with E-state index in [9.17, 15) is 0 Å². The number of terminal acetylenes is 1. The normalized spacial score (nSPS) is 10.1. The zero-order valence-electron chi connectivity index (χ0n) is 8.96. The van der Waals surface area contributed by atoms with Gasteiger partial charge in [0.15, 0.2) is 0 Å². The molecule has 1 aromatic carbocycles. The van der Waals surface area contributed by atoms with Crippen LogP contribution in [0, 0.1) is 12.3 Å². The number of hydrogen-bond acceptors (Lipinski definition) is 1. The monoisotopic (exact) mass is 187 g/mol. The van der Waals surface area contributed by atoms with Crippen LogP contribution in [0.25, 0.3) is 0 Å². The van der Waals surface area contributed by atoms with Gasteiger partial charge in [-0.15, -0.1) is 6.42 Å². The average molecular weight is 187 g/mol. The highest BCUT2D eigenvalue weighted by Crippen LogP contribution is 2.10. The van der Waals surface area contributed by atoms with E-state index in [-0.39, 0.29) is 0 Å². The van der Waals surface area contributed by atoms with Gasteiger partial charge in [0.25, 0.3) is 0 Å². The standard InChI is InChI=1S/C13H17N/c1-4-12-9-7-8-10-13(12)11-14(5-2)6-3/h1,7-10H,5-6,11H2,2-3H3. The van der Waals surface area contributed by atoms with Crippen LogP contribution in [0.5, 0.6) is 0 Å². The fraction of sp³-hybridized carbons (Fsp3) is 0.385. The quantitative estimate of drug-likeness (QED) is 0.655. The highest BCUT2D eigenvalue weighted by Gasteiger charge is 2.03. The maximum atomic E-state index is 5.44. The number of nitrogens with zero attached hydrogens (tertiary/aromatic N) is 1. The summed E-state index contributed by atoms with van der Waals surface area (Å²) >= 11 is 0. The van der Waals surface area contributed by atoms with E-state index < -0.39 is 0 Å². The minimum atomic E-state index is 0.952. The van der Waals surface area contributed by atoms with Crippen LogP contribution in [-0.2, 0) is 6.54 Å². The Kier molecular flexibility index (Phi) is 4.22. The Labute approximate surface area is 86.7 Å². The second-order valence-electron chi connectivity index (χ2n) is 3.26. The molecule has 1 aromatic rings. The van der Waals surface area contributed by atoms with Gasteiger partial charge in [-0.1, -0.05) is 38.0 Å². The first-order valence-electron chi connectivity index (χ1n) is 5.08. The molecule has 0 bridgehead atoms. The van der Waals surface area contributed by atoms with Crippen molar-refractivity contribution in [1.82, 2.24) is 4.90 Å². The lowest BCUT2D eigenvalue weighted by Crippen LogP contribution is -2.22. The van der Waals surface area contributed by atoms with Crippen LogP contribution in [0.4, 0.5) is 0 Å². The first-order valence-corrected chi connectivity index (χ1v) is 5.08. The fourth-order valence-corrected chi connectivity index (χ4v) is 1.49. The second kappa shape index (κ2) is 5.47. The summed E-state index contributed by atoms with van der Waals surface area (Å²) < 4.78 is 0. The molecule has 0 unspecified atom stereocenters. The van der Waals surface area contributed by atoms with E-state index in [0.717, 1.165) is 25.2 Å². The van der Waals surface area contributed by atoms with Crippen molar-refractivity contribution in [1.29, 1.82) is 0 Å². The third-order valence-electron chi connectivity index (χ3n) is 2.46. The van der Waals surface area contributed by atoms with Crippen molar-refractivity contribution >= 4 is 0 Å². The summed E-state index contributed by atoms with van der Waals surface area (Å²) in [5.74, 6) is 2.72. The average Bonchev–Trinajstić information content (AvgIpc) is 2.26. The molecule has 1 rings (SSSR count). The van der Waals surface area contributed by atoms with Crippen molar-refractivity contribution in [2.24, 2.45) is 0 Å². The minimum Gasteiger partial charge on any atom is -0.300 e. The summed E-state index contributed by atoms with van der Waals surface area (Å²) in [4.78, 5) is 2.36. The Morgan fingerprint density at radius 3 is 2.43 bits per heavy atom. The number of benzene rings is 1. The molecule has 74 valence electrons. The fourth-order valence-electron chi connectivity index (χ4n) is 1.49. The third kappa shape index (κ3) is 2.61. The van der Waals surface area contributed by atoms with E-state index in [1.807, 2.05) is 18.2 Å². The molecular formula is C13H17N. The van der Waals surface area contributed by atoms with Crippen LogP contribution in [0.1, 0.15) is 25.0 Å². The summed E-state index contributed by atoms with van der Waals surface area (Å²) in [6.45, 7) is 7.42. The summed E-state index contributed by atoms with van der Waals surface area (Å²) in [5, 5.41) is 0. The summed E-state index contributed by atoms with van der Waals surface area (Å²) in [6.07, 6.45) is 5.44. The molecule has 0 aromatic heterocycles. The zero-order valence-corrected chi connectivity index (χ0v) is 8.96. The van der Waals surface area contributed by atoms with Gasteiger partial charge in [-0.05, 0) is 24.7 Å². The first-order chi connectivity index (χ1) is 6.81. The van der Waals surface area contributed by atoms with Gasteiger partial charge >= 0.3 is 0 Å². The van der Waals surface area contributed by atoms with Crippen LogP contribution in [0.3, 0.4) is 0 Å². The molecule has 1 nitrogen and oxygen atoms in total. The Morgan fingerprint density at radius 1 is 1.21 bits per heavy atom. The summed E-state index contributed by atoms with van der Waals surface area (Å²) in [5.41, 5.74) is 2.26. The van der Waals surface area contributed by atoms with Gasteiger partial charge in [-0.3, -0.25) is 4.90 Å².